The van der Waals surface area contributed by atoms with Gasteiger partial charge in [-0.05, 0) is 83.5 Å². The van der Waals surface area contributed by atoms with Crippen molar-refractivity contribution in [3.05, 3.63) is 60.8 Å². The predicted octanol–water partition coefficient (Wildman–Crippen LogP) is 23.5. The molecule has 0 N–H and O–H groups in total. The van der Waals surface area contributed by atoms with Crippen LogP contribution in [-0.4, -0.2) is 37.2 Å². The van der Waals surface area contributed by atoms with E-state index in [0.29, 0.717) is 19.3 Å². The van der Waals surface area contributed by atoms with Gasteiger partial charge in [0, 0.05) is 19.3 Å². The Kier molecular flexibility index (Phi) is 64.2. The number of unbranched alkanes of at least 4 members (excludes halogenated alkanes) is 42. The molecule has 0 saturated heterocycles. The lowest BCUT2D eigenvalue weighted by molar-refractivity contribution is -0.167. The zero-order valence-corrected chi connectivity index (χ0v) is 52.2. The first-order chi connectivity index (χ1) is 38.5. The second-order valence-corrected chi connectivity index (χ2v) is 23.1. The van der Waals surface area contributed by atoms with E-state index in [2.05, 4.69) is 81.5 Å². The highest BCUT2D eigenvalue weighted by atomic mass is 16.6. The molecular weight excluding hydrogens is 961 g/mol. The molecule has 6 nitrogen and oxygen atoms in total. The Balaban J connectivity index is 4.19. The highest BCUT2D eigenvalue weighted by Crippen LogP contribution is 2.18. The number of esters is 3. The van der Waals surface area contributed by atoms with E-state index < -0.39 is 6.10 Å². The van der Waals surface area contributed by atoms with Crippen molar-refractivity contribution >= 4 is 17.9 Å². The lowest BCUT2D eigenvalue weighted by atomic mass is 10.0. The van der Waals surface area contributed by atoms with Crippen LogP contribution in [0.2, 0.25) is 0 Å². The first-order valence-corrected chi connectivity index (χ1v) is 34.3. The summed E-state index contributed by atoms with van der Waals surface area (Å²) in [6.07, 6.45) is 85.3. The Morgan fingerprint density at radius 1 is 0.269 bits per heavy atom. The Morgan fingerprint density at radius 3 is 0.795 bits per heavy atom. The third-order valence-corrected chi connectivity index (χ3v) is 15.3. The zero-order chi connectivity index (χ0) is 56.4. The highest BCUT2D eigenvalue weighted by Gasteiger charge is 2.19. The van der Waals surface area contributed by atoms with Crippen molar-refractivity contribution in [2.45, 2.75) is 367 Å². The minimum Gasteiger partial charge on any atom is -0.462 e. The third kappa shape index (κ3) is 63.9. The van der Waals surface area contributed by atoms with E-state index in [1.807, 2.05) is 0 Å². The summed E-state index contributed by atoms with van der Waals surface area (Å²) in [7, 11) is 0. The fraction of sp³-hybridized carbons (Fsp3) is 0.819. The predicted molar refractivity (Wildman–Crippen MR) is 339 cm³/mol. The van der Waals surface area contributed by atoms with Crippen molar-refractivity contribution in [1.29, 1.82) is 0 Å². The molecule has 0 aliphatic carbocycles. The van der Waals surface area contributed by atoms with Crippen LogP contribution in [0.1, 0.15) is 361 Å². The maximum atomic E-state index is 12.9. The summed E-state index contributed by atoms with van der Waals surface area (Å²) in [4.78, 5) is 38.3. The van der Waals surface area contributed by atoms with Crippen molar-refractivity contribution in [1.82, 2.24) is 0 Å². The van der Waals surface area contributed by atoms with E-state index in [4.69, 9.17) is 14.2 Å². The van der Waals surface area contributed by atoms with Gasteiger partial charge in [-0.1, -0.05) is 319 Å². The molecule has 0 spiro atoms. The first-order valence-electron chi connectivity index (χ1n) is 34.3. The van der Waals surface area contributed by atoms with Crippen molar-refractivity contribution < 1.29 is 28.6 Å². The number of allylic oxidation sites excluding steroid dienone is 10. The lowest BCUT2D eigenvalue weighted by Gasteiger charge is -2.18. The fourth-order valence-corrected chi connectivity index (χ4v) is 10.1. The second-order valence-electron chi connectivity index (χ2n) is 23.1. The molecule has 0 saturated carbocycles. The summed E-state index contributed by atoms with van der Waals surface area (Å²) in [5, 5.41) is 0. The average molecular weight is 1090 g/mol. The largest absolute Gasteiger partial charge is 0.462 e. The number of rotatable bonds is 63. The average Bonchev–Trinajstić information content (AvgIpc) is 3.44. The van der Waals surface area contributed by atoms with Gasteiger partial charge in [0.2, 0.25) is 0 Å². The summed E-state index contributed by atoms with van der Waals surface area (Å²) in [5.74, 6) is -0.848. The lowest BCUT2D eigenvalue weighted by Crippen LogP contribution is -2.30. The van der Waals surface area contributed by atoms with E-state index in [1.54, 1.807) is 0 Å². The summed E-state index contributed by atoms with van der Waals surface area (Å²) >= 11 is 0. The van der Waals surface area contributed by atoms with Gasteiger partial charge >= 0.3 is 17.9 Å². The number of ether oxygens (including phenoxy) is 3. The number of hydrogen-bond acceptors (Lipinski definition) is 6. The monoisotopic (exact) mass is 1090 g/mol. The molecule has 0 aliphatic heterocycles. The Morgan fingerprint density at radius 2 is 0.500 bits per heavy atom. The van der Waals surface area contributed by atoms with Crippen molar-refractivity contribution in [2.75, 3.05) is 13.2 Å². The van der Waals surface area contributed by atoms with Gasteiger partial charge < -0.3 is 14.2 Å². The molecule has 0 aliphatic rings. The molecular formula is C72H130O6. The van der Waals surface area contributed by atoms with Crippen LogP contribution in [0.3, 0.4) is 0 Å². The number of carbonyl (C=O) groups excluding carboxylic acids is 3. The van der Waals surface area contributed by atoms with Crippen LogP contribution in [0, 0.1) is 0 Å². The summed E-state index contributed by atoms with van der Waals surface area (Å²) in [5.41, 5.74) is 0. The van der Waals surface area contributed by atoms with Crippen LogP contribution < -0.4 is 0 Å². The summed E-state index contributed by atoms with van der Waals surface area (Å²) in [6, 6.07) is 0. The maximum Gasteiger partial charge on any atom is 0.306 e. The summed E-state index contributed by atoms with van der Waals surface area (Å²) < 4.78 is 17.0. The molecule has 0 heterocycles. The standard InChI is InChI=1S/C72H130O6/c1-4-7-10-13-16-19-22-25-27-29-31-32-33-34-35-36-37-38-39-40-42-43-45-47-50-53-56-59-62-65-71(74)77-68-69(67-76-70(73)64-61-58-55-52-49-24-21-18-15-12-9-6-3)78-72(75)66-63-60-57-54-51-48-46-44-41-30-28-26-23-20-17-14-11-8-5-2/h7,10,16,19,25-28,31-32,69H,4-6,8-9,11-15,17-18,20-24,29-30,33-68H2,1-3H3/b10-7-,19-16-,27-25-,28-26-,32-31-. The molecule has 0 bridgehead atoms. The van der Waals surface area contributed by atoms with E-state index in [0.717, 1.165) is 83.5 Å². The van der Waals surface area contributed by atoms with E-state index in [1.165, 1.54) is 238 Å². The van der Waals surface area contributed by atoms with Gasteiger partial charge in [-0.25, -0.2) is 0 Å². The van der Waals surface area contributed by atoms with Crippen molar-refractivity contribution in [3.8, 4) is 0 Å². The quantitative estimate of drug-likeness (QED) is 0.0261. The van der Waals surface area contributed by atoms with Gasteiger partial charge in [0.1, 0.15) is 13.2 Å². The van der Waals surface area contributed by atoms with Gasteiger partial charge in [0.25, 0.3) is 0 Å². The molecule has 0 radical (unpaired) electrons. The smallest absolute Gasteiger partial charge is 0.306 e. The number of carbonyl (C=O) groups is 3. The van der Waals surface area contributed by atoms with Crippen LogP contribution >= 0.6 is 0 Å². The SMILES string of the molecule is CC/C=C\C/C=C\C/C=C\C/C=C\CCCCCCCCCCCCCCCCCCC(=O)OCC(COC(=O)CCCCCCCCCCCCCC)OC(=O)CCCCCCCCCCC/C=C\CCCCCCCC. The molecule has 1 atom stereocenters. The van der Waals surface area contributed by atoms with Crippen LogP contribution in [0.25, 0.3) is 0 Å². The topological polar surface area (TPSA) is 78.9 Å². The molecule has 78 heavy (non-hydrogen) atoms. The minimum atomic E-state index is -0.772. The first kappa shape index (κ1) is 75.1. The van der Waals surface area contributed by atoms with Gasteiger partial charge in [0.15, 0.2) is 6.10 Å². The molecule has 1 unspecified atom stereocenters. The zero-order valence-electron chi connectivity index (χ0n) is 52.2. The van der Waals surface area contributed by atoms with E-state index in [-0.39, 0.29) is 31.1 Å². The van der Waals surface area contributed by atoms with Gasteiger partial charge in [-0.3, -0.25) is 14.4 Å². The molecule has 6 heteroatoms. The van der Waals surface area contributed by atoms with Gasteiger partial charge in [0.05, 0.1) is 0 Å². The Hall–Kier alpha value is -2.89. The van der Waals surface area contributed by atoms with Gasteiger partial charge in [-0.2, -0.15) is 0 Å². The fourth-order valence-electron chi connectivity index (χ4n) is 10.1. The van der Waals surface area contributed by atoms with Gasteiger partial charge in [-0.15, -0.1) is 0 Å². The van der Waals surface area contributed by atoms with E-state index >= 15 is 0 Å². The molecule has 454 valence electrons. The van der Waals surface area contributed by atoms with E-state index in [9.17, 15) is 14.4 Å². The Labute approximate surface area is 485 Å². The van der Waals surface area contributed by atoms with Crippen LogP contribution in [0.5, 0.6) is 0 Å². The van der Waals surface area contributed by atoms with Crippen LogP contribution in [-0.2, 0) is 28.6 Å². The second kappa shape index (κ2) is 66.6. The normalized spacial score (nSPS) is 12.4. The number of hydrogen-bond donors (Lipinski definition) is 0. The van der Waals surface area contributed by atoms with Crippen LogP contribution in [0.4, 0.5) is 0 Å². The maximum absolute atomic E-state index is 12.9. The minimum absolute atomic E-state index is 0.0692. The summed E-state index contributed by atoms with van der Waals surface area (Å²) in [6.45, 7) is 6.57. The van der Waals surface area contributed by atoms with Crippen molar-refractivity contribution in [3.63, 3.8) is 0 Å². The Bertz CT molecular complexity index is 1390. The van der Waals surface area contributed by atoms with Crippen LogP contribution in [0.15, 0.2) is 60.8 Å². The molecule has 0 rings (SSSR count). The molecule has 0 aromatic carbocycles. The molecule has 0 aromatic rings. The molecule has 0 aromatic heterocycles. The van der Waals surface area contributed by atoms with Crippen molar-refractivity contribution in [2.24, 2.45) is 0 Å². The third-order valence-electron chi connectivity index (χ3n) is 15.3. The highest BCUT2D eigenvalue weighted by molar-refractivity contribution is 5.71. The molecule has 0 fully saturated rings. The molecule has 0 amide bonds.